The molecule has 256 valence electrons. The molecule has 12 nitrogen and oxygen atoms in total. The number of carbonyl (C=O) groups is 4. The molecule has 0 bridgehead atoms. The Morgan fingerprint density at radius 2 is 1.74 bits per heavy atom. The van der Waals surface area contributed by atoms with E-state index in [0.717, 1.165) is 31.2 Å². The van der Waals surface area contributed by atoms with Crippen molar-refractivity contribution in [3.63, 3.8) is 0 Å². The fourth-order valence-electron chi connectivity index (χ4n) is 6.55. The second-order valence-corrected chi connectivity index (χ2v) is 13.8. The first-order chi connectivity index (χ1) is 21.9. The predicted octanol–water partition coefficient (Wildman–Crippen LogP) is 2.86. The molecule has 4 amide bonds. The Labute approximate surface area is 272 Å². The van der Waals surface area contributed by atoms with Crippen LogP contribution in [-0.4, -0.2) is 84.3 Å². The minimum Gasteiger partial charge on any atom is -0.444 e. The Hall–Kier alpha value is -3.22. The first kappa shape index (κ1) is 35.6. The fourth-order valence-corrected chi connectivity index (χ4v) is 6.55. The molecule has 1 aliphatic carbocycles. The third kappa shape index (κ3) is 10.7. The van der Waals surface area contributed by atoms with E-state index in [1.165, 1.54) is 6.42 Å². The monoisotopic (exact) mass is 644 g/mol. The molecule has 3 fully saturated rings. The third-order valence-corrected chi connectivity index (χ3v) is 8.85. The van der Waals surface area contributed by atoms with E-state index in [2.05, 4.69) is 21.3 Å². The molecule has 1 aromatic rings. The van der Waals surface area contributed by atoms with Gasteiger partial charge in [0.05, 0.1) is 19.3 Å². The number of aliphatic hydroxyl groups excluding tert-OH is 1. The maximum atomic E-state index is 14.0. The molecule has 4 atom stereocenters. The molecule has 5 N–H and O–H groups in total. The highest BCUT2D eigenvalue weighted by atomic mass is 16.7. The first-order valence-corrected chi connectivity index (χ1v) is 16.8. The average Bonchev–Trinajstić information content (AvgIpc) is 3.50. The lowest BCUT2D eigenvalue weighted by Gasteiger charge is -2.39. The number of hydrogen-bond donors (Lipinski definition) is 5. The minimum absolute atomic E-state index is 0.00476. The van der Waals surface area contributed by atoms with Crippen LogP contribution in [0.4, 0.5) is 4.79 Å². The highest BCUT2D eigenvalue weighted by molar-refractivity contribution is 5.92. The van der Waals surface area contributed by atoms with Crippen molar-refractivity contribution < 1.29 is 38.5 Å². The Morgan fingerprint density at radius 3 is 2.41 bits per heavy atom. The van der Waals surface area contributed by atoms with Gasteiger partial charge in [-0.15, -0.1) is 0 Å². The van der Waals surface area contributed by atoms with Crippen molar-refractivity contribution in [2.45, 2.75) is 127 Å². The van der Waals surface area contributed by atoms with E-state index in [-0.39, 0.29) is 25.2 Å². The SMILES string of the molecule is CC(C)(C)OC(=O)N[C@@H](Cc1ccccc1)C(=O)NC1CCC(=O)NCCCC2(OCCO2)[C@H](O)C(CC2CCCCC2)NC1=O. The Balaban J connectivity index is 1.57. The van der Waals surface area contributed by atoms with Crippen molar-refractivity contribution in [1.82, 2.24) is 21.3 Å². The zero-order valence-corrected chi connectivity index (χ0v) is 27.5. The summed E-state index contributed by atoms with van der Waals surface area (Å²) in [5.41, 5.74) is 0.0188. The zero-order chi connectivity index (χ0) is 33.2. The minimum atomic E-state index is -1.30. The van der Waals surface area contributed by atoms with Crippen molar-refractivity contribution in [2.75, 3.05) is 19.8 Å². The normalized spacial score (nSPS) is 25.6. The van der Waals surface area contributed by atoms with Gasteiger partial charge in [0, 0.05) is 25.8 Å². The zero-order valence-electron chi connectivity index (χ0n) is 27.5. The number of amides is 4. The summed E-state index contributed by atoms with van der Waals surface area (Å²) in [6.45, 7) is 6.17. The Morgan fingerprint density at radius 1 is 1.04 bits per heavy atom. The smallest absolute Gasteiger partial charge is 0.408 e. The molecule has 2 unspecified atom stereocenters. The number of nitrogens with one attached hydrogen (secondary N) is 4. The van der Waals surface area contributed by atoms with E-state index < -0.39 is 53.5 Å². The highest BCUT2D eigenvalue weighted by Crippen LogP contribution is 2.35. The molecule has 2 saturated heterocycles. The number of rotatable bonds is 7. The number of carbonyl (C=O) groups excluding carboxylic acids is 4. The first-order valence-electron chi connectivity index (χ1n) is 16.8. The summed E-state index contributed by atoms with van der Waals surface area (Å²) in [5.74, 6) is -2.37. The van der Waals surface area contributed by atoms with Crippen molar-refractivity contribution in [2.24, 2.45) is 5.92 Å². The Bertz CT molecular complexity index is 1160. The molecule has 1 saturated carbocycles. The van der Waals surface area contributed by atoms with Gasteiger partial charge in [-0.2, -0.15) is 0 Å². The van der Waals surface area contributed by atoms with Crippen LogP contribution < -0.4 is 21.3 Å². The molecule has 46 heavy (non-hydrogen) atoms. The molecule has 1 aromatic carbocycles. The summed E-state index contributed by atoms with van der Waals surface area (Å²) >= 11 is 0. The standard InChI is InChI=1S/C34H52N4O8/c1-33(2,3)46-32(43)38-27(22-24-13-8-5-9-14-24)31(42)36-25-15-16-28(39)35-18-10-17-34(44-19-20-45-34)29(40)26(37-30(25)41)21-23-11-6-4-7-12-23/h5,8-9,13-14,23,25-27,29,40H,4,6-7,10-12,15-22H2,1-3H3,(H,35,39)(H,36,42)(H,37,41)(H,38,43)/t25?,26?,27-,29+/m0/s1. The summed E-state index contributed by atoms with van der Waals surface area (Å²) in [4.78, 5) is 53.3. The van der Waals surface area contributed by atoms with Crippen LogP contribution >= 0.6 is 0 Å². The fraction of sp³-hybridized carbons (Fsp3) is 0.706. The summed E-state index contributed by atoms with van der Waals surface area (Å²) in [5, 5.41) is 23.1. The summed E-state index contributed by atoms with van der Waals surface area (Å²) in [7, 11) is 0. The van der Waals surface area contributed by atoms with Crippen LogP contribution in [0.2, 0.25) is 0 Å². The van der Waals surface area contributed by atoms with Gasteiger partial charge < -0.3 is 40.6 Å². The molecule has 4 rings (SSSR count). The average molecular weight is 645 g/mol. The summed E-state index contributed by atoms with van der Waals surface area (Å²) < 4.78 is 17.4. The van der Waals surface area contributed by atoms with Crippen LogP contribution in [0.3, 0.4) is 0 Å². The molecular weight excluding hydrogens is 592 g/mol. The molecule has 3 aliphatic rings. The molecule has 0 radical (unpaired) electrons. The molecule has 0 aromatic heterocycles. The highest BCUT2D eigenvalue weighted by Gasteiger charge is 2.48. The van der Waals surface area contributed by atoms with Gasteiger partial charge in [0.1, 0.15) is 23.8 Å². The van der Waals surface area contributed by atoms with Crippen LogP contribution in [0.1, 0.15) is 90.5 Å². The van der Waals surface area contributed by atoms with Gasteiger partial charge in [-0.3, -0.25) is 14.4 Å². The molecule has 12 heteroatoms. The van der Waals surface area contributed by atoms with Crippen molar-refractivity contribution in [3.8, 4) is 0 Å². The predicted molar refractivity (Wildman–Crippen MR) is 170 cm³/mol. The van der Waals surface area contributed by atoms with Gasteiger partial charge in [-0.1, -0.05) is 62.4 Å². The Kier molecular flexibility index (Phi) is 12.8. The van der Waals surface area contributed by atoms with Crippen LogP contribution in [0.25, 0.3) is 0 Å². The lowest BCUT2D eigenvalue weighted by atomic mass is 9.82. The van der Waals surface area contributed by atoms with Gasteiger partial charge in [-0.25, -0.2) is 4.79 Å². The van der Waals surface area contributed by atoms with E-state index in [1.54, 1.807) is 20.8 Å². The van der Waals surface area contributed by atoms with Gasteiger partial charge >= 0.3 is 6.09 Å². The second-order valence-electron chi connectivity index (χ2n) is 13.8. The van der Waals surface area contributed by atoms with Crippen LogP contribution in [0.5, 0.6) is 0 Å². The van der Waals surface area contributed by atoms with Gasteiger partial charge in [-0.05, 0) is 51.5 Å². The summed E-state index contributed by atoms with van der Waals surface area (Å²) in [6.07, 6.45) is 5.03. The largest absolute Gasteiger partial charge is 0.444 e. The van der Waals surface area contributed by atoms with Gasteiger partial charge in [0.25, 0.3) is 0 Å². The van der Waals surface area contributed by atoms with Gasteiger partial charge in [0.2, 0.25) is 17.7 Å². The maximum absolute atomic E-state index is 14.0. The summed E-state index contributed by atoms with van der Waals surface area (Å²) in [6, 6.07) is 6.34. The van der Waals surface area contributed by atoms with Gasteiger partial charge in [0.15, 0.2) is 5.79 Å². The number of benzene rings is 1. The van der Waals surface area contributed by atoms with Crippen LogP contribution in [0.15, 0.2) is 30.3 Å². The van der Waals surface area contributed by atoms with E-state index in [0.29, 0.717) is 44.9 Å². The topological polar surface area (TPSA) is 164 Å². The number of hydrogen-bond acceptors (Lipinski definition) is 8. The van der Waals surface area contributed by atoms with E-state index in [4.69, 9.17) is 14.2 Å². The molecule has 1 spiro atoms. The van der Waals surface area contributed by atoms with E-state index in [9.17, 15) is 24.3 Å². The number of ether oxygens (including phenoxy) is 3. The maximum Gasteiger partial charge on any atom is 0.408 e. The second kappa shape index (κ2) is 16.6. The molecule has 2 aliphatic heterocycles. The number of aliphatic hydroxyl groups is 1. The van der Waals surface area contributed by atoms with Crippen molar-refractivity contribution in [3.05, 3.63) is 35.9 Å². The molecular formula is C34H52N4O8. The third-order valence-electron chi connectivity index (χ3n) is 8.85. The quantitative estimate of drug-likeness (QED) is 0.303. The van der Waals surface area contributed by atoms with Crippen LogP contribution in [0, 0.1) is 5.92 Å². The lowest BCUT2D eigenvalue weighted by Crippen LogP contribution is -2.60. The lowest BCUT2D eigenvalue weighted by molar-refractivity contribution is -0.232. The van der Waals surface area contributed by atoms with E-state index >= 15 is 0 Å². The van der Waals surface area contributed by atoms with Crippen LogP contribution in [-0.2, 0) is 35.0 Å². The van der Waals surface area contributed by atoms with Crippen molar-refractivity contribution in [1.29, 1.82) is 0 Å². The van der Waals surface area contributed by atoms with E-state index in [1.807, 2.05) is 30.3 Å². The van der Waals surface area contributed by atoms with Crippen molar-refractivity contribution >= 4 is 23.8 Å². The number of alkyl carbamates (subject to hydrolysis) is 1. The molecule has 2 heterocycles.